The van der Waals surface area contributed by atoms with Crippen molar-refractivity contribution < 1.29 is 28.2 Å². The van der Waals surface area contributed by atoms with Crippen LogP contribution in [-0.4, -0.2) is 37.2 Å². The van der Waals surface area contributed by atoms with Crippen LogP contribution in [0.1, 0.15) is 30.6 Å². The van der Waals surface area contributed by atoms with Crippen LogP contribution in [0.25, 0.3) is 0 Å². The molecule has 0 saturated carbocycles. The number of urea groups is 1. The van der Waals surface area contributed by atoms with E-state index in [1.54, 1.807) is 13.8 Å². The maximum atomic E-state index is 13.8. The molecule has 1 aliphatic heterocycles. The lowest BCUT2D eigenvalue weighted by molar-refractivity contribution is -0.139. The second-order valence-corrected chi connectivity index (χ2v) is 5.81. The molecule has 0 unspecified atom stereocenters. The van der Waals surface area contributed by atoms with Gasteiger partial charge in [-0.1, -0.05) is 18.5 Å². The zero-order valence-corrected chi connectivity index (χ0v) is 15.0. The molecule has 7 nitrogen and oxygen atoms in total. The SMILES string of the molecule is CCOC(=O)C1=C(COC(=O)c2ccc(Cl)cc2F)NC(=O)N[C@H]1CC. The van der Waals surface area contributed by atoms with Crippen molar-refractivity contribution in [3.63, 3.8) is 0 Å². The summed E-state index contributed by atoms with van der Waals surface area (Å²) in [5.74, 6) is -2.41. The van der Waals surface area contributed by atoms with Gasteiger partial charge in [0.1, 0.15) is 12.4 Å². The number of amides is 2. The summed E-state index contributed by atoms with van der Waals surface area (Å²) >= 11 is 5.65. The maximum absolute atomic E-state index is 13.8. The largest absolute Gasteiger partial charge is 0.463 e. The molecule has 26 heavy (non-hydrogen) atoms. The van der Waals surface area contributed by atoms with Crippen LogP contribution >= 0.6 is 11.6 Å². The Kier molecular flexibility index (Phi) is 6.57. The van der Waals surface area contributed by atoms with E-state index in [1.807, 2.05) is 0 Å². The average molecular weight is 385 g/mol. The summed E-state index contributed by atoms with van der Waals surface area (Å²) in [5.41, 5.74) is -0.0416. The fourth-order valence-corrected chi connectivity index (χ4v) is 2.60. The average Bonchev–Trinajstić information content (AvgIpc) is 2.59. The zero-order valence-electron chi connectivity index (χ0n) is 14.2. The summed E-state index contributed by atoms with van der Waals surface area (Å²) in [6.45, 7) is 3.16. The highest BCUT2D eigenvalue weighted by Crippen LogP contribution is 2.19. The quantitative estimate of drug-likeness (QED) is 0.735. The molecule has 0 aliphatic carbocycles. The van der Waals surface area contributed by atoms with Crippen molar-refractivity contribution in [3.05, 3.63) is 45.9 Å². The van der Waals surface area contributed by atoms with E-state index in [0.29, 0.717) is 6.42 Å². The Hall–Kier alpha value is -2.61. The number of carbonyl (C=O) groups excluding carboxylic acids is 3. The normalized spacial score (nSPS) is 16.6. The lowest BCUT2D eigenvalue weighted by atomic mass is 10.0. The van der Waals surface area contributed by atoms with Gasteiger partial charge in [-0.15, -0.1) is 0 Å². The third-order valence-electron chi connectivity index (χ3n) is 3.65. The molecule has 2 amide bonds. The number of hydrogen-bond donors (Lipinski definition) is 2. The molecule has 140 valence electrons. The molecular formula is C17H18ClFN2O5. The molecule has 0 radical (unpaired) electrons. The van der Waals surface area contributed by atoms with Crippen LogP contribution in [0, 0.1) is 5.82 Å². The van der Waals surface area contributed by atoms with E-state index < -0.39 is 36.4 Å². The fraction of sp³-hybridized carbons (Fsp3) is 0.353. The molecule has 2 N–H and O–H groups in total. The van der Waals surface area contributed by atoms with Gasteiger partial charge in [-0.2, -0.15) is 0 Å². The number of nitrogens with one attached hydrogen (secondary N) is 2. The second-order valence-electron chi connectivity index (χ2n) is 5.37. The Labute approximate surface area is 154 Å². The number of benzene rings is 1. The number of halogens is 2. The van der Waals surface area contributed by atoms with Crippen LogP contribution in [0.2, 0.25) is 5.02 Å². The monoisotopic (exact) mass is 384 g/mol. The van der Waals surface area contributed by atoms with Gasteiger partial charge in [-0.25, -0.2) is 18.8 Å². The summed E-state index contributed by atoms with van der Waals surface area (Å²) in [7, 11) is 0. The van der Waals surface area contributed by atoms with Crippen LogP contribution in [0.3, 0.4) is 0 Å². The molecule has 1 heterocycles. The molecule has 0 spiro atoms. The predicted octanol–water partition coefficient (Wildman–Crippen LogP) is 2.54. The van der Waals surface area contributed by atoms with Gasteiger partial charge in [0, 0.05) is 5.02 Å². The minimum Gasteiger partial charge on any atom is -0.463 e. The molecule has 0 fully saturated rings. The predicted molar refractivity (Wildman–Crippen MR) is 91.1 cm³/mol. The van der Waals surface area contributed by atoms with Gasteiger partial charge in [0.15, 0.2) is 0 Å². The van der Waals surface area contributed by atoms with Crippen molar-refractivity contribution in [2.45, 2.75) is 26.3 Å². The van der Waals surface area contributed by atoms with Crippen LogP contribution in [0.5, 0.6) is 0 Å². The van der Waals surface area contributed by atoms with Gasteiger partial charge in [0.05, 0.1) is 29.5 Å². The number of carbonyl (C=O) groups is 3. The topological polar surface area (TPSA) is 93.7 Å². The Morgan fingerprint density at radius 1 is 1.23 bits per heavy atom. The lowest BCUT2D eigenvalue weighted by Crippen LogP contribution is -2.51. The third kappa shape index (κ3) is 4.51. The molecule has 1 aromatic carbocycles. The molecule has 2 rings (SSSR count). The molecule has 1 atom stereocenters. The first kappa shape index (κ1) is 19.7. The highest BCUT2D eigenvalue weighted by atomic mass is 35.5. The van der Waals surface area contributed by atoms with E-state index >= 15 is 0 Å². The molecule has 1 aromatic rings. The van der Waals surface area contributed by atoms with Gasteiger partial charge >= 0.3 is 18.0 Å². The number of ether oxygens (including phenoxy) is 2. The molecule has 0 bridgehead atoms. The minimum absolute atomic E-state index is 0.0989. The summed E-state index contributed by atoms with van der Waals surface area (Å²) in [6, 6.07) is 2.42. The smallest absolute Gasteiger partial charge is 0.341 e. The molecule has 1 aliphatic rings. The van der Waals surface area contributed by atoms with Gasteiger partial charge in [-0.05, 0) is 31.5 Å². The Morgan fingerprint density at radius 3 is 2.58 bits per heavy atom. The highest BCUT2D eigenvalue weighted by molar-refractivity contribution is 6.30. The van der Waals surface area contributed by atoms with E-state index in [-0.39, 0.29) is 28.5 Å². The first-order valence-electron chi connectivity index (χ1n) is 7.97. The van der Waals surface area contributed by atoms with Crippen molar-refractivity contribution in [2.24, 2.45) is 0 Å². The van der Waals surface area contributed by atoms with E-state index in [9.17, 15) is 18.8 Å². The highest BCUT2D eigenvalue weighted by Gasteiger charge is 2.32. The third-order valence-corrected chi connectivity index (χ3v) is 3.88. The van der Waals surface area contributed by atoms with Crippen LogP contribution in [0.15, 0.2) is 29.5 Å². The van der Waals surface area contributed by atoms with Gasteiger partial charge in [-0.3, -0.25) is 0 Å². The summed E-state index contributed by atoms with van der Waals surface area (Å²) in [5, 5.41) is 5.17. The van der Waals surface area contributed by atoms with Gasteiger partial charge in [0.25, 0.3) is 0 Å². The molecule has 0 saturated heterocycles. The standard InChI is InChI=1S/C17H18ClFN2O5/c1-3-12-14(16(23)25-4-2)13(21-17(24)20-12)8-26-15(22)10-6-5-9(18)7-11(10)19/h5-7,12H,3-4,8H2,1-2H3,(H2,20,21,24)/t12-/m0/s1. The van der Waals surface area contributed by atoms with Gasteiger partial charge in [0.2, 0.25) is 0 Å². The van der Waals surface area contributed by atoms with Crippen molar-refractivity contribution in [1.82, 2.24) is 10.6 Å². The first-order valence-corrected chi connectivity index (χ1v) is 8.35. The van der Waals surface area contributed by atoms with Crippen molar-refractivity contribution in [2.75, 3.05) is 13.2 Å². The van der Waals surface area contributed by atoms with Crippen molar-refractivity contribution in [3.8, 4) is 0 Å². The Balaban J connectivity index is 2.23. The minimum atomic E-state index is -0.948. The fourth-order valence-electron chi connectivity index (χ4n) is 2.45. The van der Waals surface area contributed by atoms with Crippen molar-refractivity contribution >= 4 is 29.6 Å². The van der Waals surface area contributed by atoms with Crippen LogP contribution < -0.4 is 10.6 Å². The molecular weight excluding hydrogens is 367 g/mol. The second kappa shape index (κ2) is 8.66. The van der Waals surface area contributed by atoms with E-state index in [2.05, 4.69) is 10.6 Å². The maximum Gasteiger partial charge on any atom is 0.341 e. The van der Waals surface area contributed by atoms with E-state index in [4.69, 9.17) is 21.1 Å². The van der Waals surface area contributed by atoms with Gasteiger partial charge < -0.3 is 20.1 Å². The van der Waals surface area contributed by atoms with Crippen LogP contribution in [0.4, 0.5) is 9.18 Å². The lowest BCUT2D eigenvalue weighted by Gasteiger charge is -2.28. The number of hydrogen-bond acceptors (Lipinski definition) is 5. The Bertz CT molecular complexity index is 766. The van der Waals surface area contributed by atoms with E-state index in [0.717, 1.165) is 6.07 Å². The summed E-state index contributed by atoms with van der Waals surface area (Å²) < 4.78 is 23.9. The first-order chi connectivity index (χ1) is 12.4. The summed E-state index contributed by atoms with van der Waals surface area (Å²) in [4.78, 5) is 36.0. The molecule has 9 heteroatoms. The summed E-state index contributed by atoms with van der Waals surface area (Å²) in [6.07, 6.45) is 0.435. The Morgan fingerprint density at radius 2 is 1.96 bits per heavy atom. The number of rotatable bonds is 6. The van der Waals surface area contributed by atoms with Crippen LogP contribution in [-0.2, 0) is 14.3 Å². The number of esters is 2. The molecule has 0 aromatic heterocycles. The van der Waals surface area contributed by atoms with Crippen molar-refractivity contribution in [1.29, 1.82) is 0 Å². The van der Waals surface area contributed by atoms with E-state index in [1.165, 1.54) is 12.1 Å². The zero-order chi connectivity index (χ0) is 19.3.